The van der Waals surface area contributed by atoms with E-state index in [9.17, 15) is 18.3 Å². The number of alkyl halides is 3. The minimum atomic E-state index is -4.30. The molecule has 1 radical (unpaired) electrons. The van der Waals surface area contributed by atoms with Crippen LogP contribution in [0.1, 0.15) is 24.0 Å². The summed E-state index contributed by atoms with van der Waals surface area (Å²) in [6.45, 7) is 3.52. The van der Waals surface area contributed by atoms with E-state index in [1.165, 1.54) is 6.07 Å². The van der Waals surface area contributed by atoms with E-state index in [1.807, 2.05) is 0 Å². The van der Waals surface area contributed by atoms with Gasteiger partial charge in [-0.25, -0.2) is 0 Å². The van der Waals surface area contributed by atoms with Crippen molar-refractivity contribution in [3.8, 4) is 0 Å². The number of rotatable bonds is 4. The normalized spacial score (nSPS) is 13.8. The van der Waals surface area contributed by atoms with E-state index in [0.717, 1.165) is 12.1 Å². The van der Waals surface area contributed by atoms with Crippen LogP contribution in [-0.2, 0) is 12.6 Å². The van der Waals surface area contributed by atoms with Crippen molar-refractivity contribution in [2.24, 2.45) is 0 Å². The smallest absolute Gasteiger partial charge is 0.393 e. The fraction of sp³-hybridized carbons (Fsp3) is 0.417. The summed E-state index contributed by atoms with van der Waals surface area (Å²) < 4.78 is 37.1. The van der Waals surface area contributed by atoms with Gasteiger partial charge < -0.3 is 5.11 Å². The molecule has 0 amide bonds. The molecule has 0 saturated carbocycles. The van der Waals surface area contributed by atoms with Gasteiger partial charge in [-0.15, -0.1) is 0 Å². The summed E-state index contributed by atoms with van der Waals surface area (Å²) >= 11 is 0. The highest BCUT2D eigenvalue weighted by Crippen LogP contribution is 2.29. The van der Waals surface area contributed by atoms with E-state index in [0.29, 0.717) is 24.8 Å². The molecule has 1 unspecified atom stereocenters. The molecule has 0 spiro atoms. The molecular formula is C12H14F3O. The second-order valence-electron chi connectivity index (χ2n) is 3.68. The first kappa shape index (κ1) is 13.0. The van der Waals surface area contributed by atoms with Crippen molar-refractivity contribution in [3.05, 3.63) is 42.3 Å². The monoisotopic (exact) mass is 231 g/mol. The summed E-state index contributed by atoms with van der Waals surface area (Å²) in [6, 6.07) is 5.18. The van der Waals surface area contributed by atoms with Crippen LogP contribution in [0, 0.1) is 6.92 Å². The summed E-state index contributed by atoms with van der Waals surface area (Å²) in [4.78, 5) is 0. The van der Waals surface area contributed by atoms with Crippen molar-refractivity contribution in [2.45, 2.75) is 31.5 Å². The quantitative estimate of drug-likeness (QED) is 0.843. The van der Waals surface area contributed by atoms with Gasteiger partial charge in [0.1, 0.15) is 0 Å². The third-order valence-corrected chi connectivity index (χ3v) is 2.35. The van der Waals surface area contributed by atoms with Crippen molar-refractivity contribution in [1.29, 1.82) is 0 Å². The lowest BCUT2D eigenvalue weighted by Gasteiger charge is -2.10. The largest absolute Gasteiger partial charge is 0.416 e. The van der Waals surface area contributed by atoms with E-state index in [4.69, 9.17) is 0 Å². The zero-order valence-corrected chi connectivity index (χ0v) is 8.80. The summed E-state index contributed by atoms with van der Waals surface area (Å²) in [5.74, 6) is 0. The first-order chi connectivity index (χ1) is 7.43. The second kappa shape index (κ2) is 5.34. The Morgan fingerprint density at radius 3 is 2.56 bits per heavy atom. The number of aliphatic hydroxyl groups is 1. The Morgan fingerprint density at radius 1 is 1.31 bits per heavy atom. The maximum absolute atomic E-state index is 12.4. The second-order valence-corrected chi connectivity index (χ2v) is 3.68. The molecule has 0 aromatic heterocycles. The highest BCUT2D eigenvalue weighted by atomic mass is 19.4. The van der Waals surface area contributed by atoms with Gasteiger partial charge >= 0.3 is 6.18 Å². The van der Waals surface area contributed by atoms with Gasteiger partial charge in [0, 0.05) is 0 Å². The Kier molecular flexibility index (Phi) is 4.35. The average Bonchev–Trinajstić information content (AvgIpc) is 2.25. The van der Waals surface area contributed by atoms with Gasteiger partial charge in [-0.05, 0) is 30.9 Å². The molecule has 1 aromatic rings. The van der Waals surface area contributed by atoms with E-state index >= 15 is 0 Å². The highest BCUT2D eigenvalue weighted by Gasteiger charge is 2.30. The number of halogens is 3. The topological polar surface area (TPSA) is 20.2 Å². The Labute approximate surface area is 92.9 Å². The Morgan fingerprint density at radius 2 is 2.00 bits per heavy atom. The minimum Gasteiger partial charge on any atom is -0.393 e. The number of aryl methyl sites for hydroxylation is 1. The Balaban J connectivity index is 2.68. The predicted octanol–water partition coefficient (Wildman–Crippen LogP) is 3.22. The number of hydrogen-bond donors (Lipinski definition) is 1. The lowest BCUT2D eigenvalue weighted by molar-refractivity contribution is -0.137. The van der Waals surface area contributed by atoms with Gasteiger partial charge in [0.05, 0.1) is 11.7 Å². The SMILES string of the molecule is [CH2]CC(O)CCc1cccc(C(F)(F)F)c1. The minimum absolute atomic E-state index is 0.374. The molecule has 1 nitrogen and oxygen atoms in total. The van der Waals surface area contributed by atoms with Crippen LogP contribution < -0.4 is 0 Å². The Bertz CT molecular complexity index is 333. The molecule has 1 atom stereocenters. The van der Waals surface area contributed by atoms with E-state index in [-0.39, 0.29) is 0 Å². The summed E-state index contributed by atoms with van der Waals surface area (Å²) in [6.07, 6.45) is -3.61. The summed E-state index contributed by atoms with van der Waals surface area (Å²) in [7, 11) is 0. The molecule has 0 aliphatic carbocycles. The third kappa shape index (κ3) is 3.85. The van der Waals surface area contributed by atoms with Crippen LogP contribution >= 0.6 is 0 Å². The molecule has 1 N–H and O–H groups in total. The third-order valence-electron chi connectivity index (χ3n) is 2.35. The van der Waals surface area contributed by atoms with Crippen molar-refractivity contribution in [3.63, 3.8) is 0 Å². The molecule has 0 fully saturated rings. The first-order valence-electron chi connectivity index (χ1n) is 5.07. The number of aliphatic hydroxyl groups excluding tert-OH is 1. The summed E-state index contributed by atoms with van der Waals surface area (Å²) in [5.41, 5.74) is -0.0589. The van der Waals surface area contributed by atoms with Crippen LogP contribution in [0.15, 0.2) is 24.3 Å². The van der Waals surface area contributed by atoms with Crippen LogP contribution in [0.25, 0.3) is 0 Å². The lowest BCUT2D eigenvalue weighted by Crippen LogP contribution is -2.08. The Hall–Kier alpha value is -1.03. The zero-order valence-electron chi connectivity index (χ0n) is 8.80. The molecule has 1 rings (SSSR count). The molecule has 0 aliphatic rings. The van der Waals surface area contributed by atoms with E-state index in [2.05, 4.69) is 6.92 Å². The van der Waals surface area contributed by atoms with Crippen LogP contribution in [-0.4, -0.2) is 11.2 Å². The first-order valence-corrected chi connectivity index (χ1v) is 5.07. The van der Waals surface area contributed by atoms with Gasteiger partial charge in [0.2, 0.25) is 0 Å². The summed E-state index contributed by atoms with van der Waals surface area (Å²) in [5, 5.41) is 9.26. The van der Waals surface area contributed by atoms with Crippen molar-refractivity contribution in [2.75, 3.05) is 0 Å². The lowest BCUT2D eigenvalue weighted by atomic mass is 10.0. The molecule has 0 heterocycles. The van der Waals surface area contributed by atoms with Crippen molar-refractivity contribution in [1.82, 2.24) is 0 Å². The van der Waals surface area contributed by atoms with Crippen LogP contribution in [0.4, 0.5) is 13.2 Å². The van der Waals surface area contributed by atoms with Crippen LogP contribution in [0.5, 0.6) is 0 Å². The van der Waals surface area contributed by atoms with Crippen LogP contribution in [0.2, 0.25) is 0 Å². The molecule has 16 heavy (non-hydrogen) atoms. The van der Waals surface area contributed by atoms with Crippen molar-refractivity contribution < 1.29 is 18.3 Å². The van der Waals surface area contributed by atoms with Crippen LogP contribution in [0.3, 0.4) is 0 Å². The van der Waals surface area contributed by atoms with Crippen molar-refractivity contribution >= 4 is 0 Å². The molecular weight excluding hydrogens is 217 g/mol. The van der Waals surface area contributed by atoms with Gasteiger partial charge in [0.25, 0.3) is 0 Å². The van der Waals surface area contributed by atoms with E-state index < -0.39 is 17.8 Å². The van der Waals surface area contributed by atoms with Gasteiger partial charge in [-0.3, -0.25) is 0 Å². The molecule has 1 aromatic carbocycles. The standard InChI is InChI=1S/C12H14F3O/c1-2-11(16)7-6-9-4-3-5-10(8-9)12(13,14)15/h3-5,8,11,16H,1-2,6-7H2. The number of benzene rings is 1. The fourth-order valence-corrected chi connectivity index (χ4v) is 1.38. The average molecular weight is 231 g/mol. The fourth-order valence-electron chi connectivity index (χ4n) is 1.38. The molecule has 0 aliphatic heterocycles. The molecule has 4 heteroatoms. The van der Waals surface area contributed by atoms with E-state index in [1.54, 1.807) is 6.07 Å². The van der Waals surface area contributed by atoms with Gasteiger partial charge in [-0.2, -0.15) is 13.2 Å². The zero-order chi connectivity index (χ0) is 12.2. The predicted molar refractivity (Wildman–Crippen MR) is 55.7 cm³/mol. The maximum Gasteiger partial charge on any atom is 0.416 e. The molecule has 89 valence electrons. The van der Waals surface area contributed by atoms with Gasteiger partial charge in [0.15, 0.2) is 0 Å². The number of hydrogen-bond acceptors (Lipinski definition) is 1. The molecule has 0 saturated heterocycles. The highest BCUT2D eigenvalue weighted by molar-refractivity contribution is 5.25. The molecule has 0 bridgehead atoms. The maximum atomic E-state index is 12.4. The van der Waals surface area contributed by atoms with Gasteiger partial charge in [-0.1, -0.05) is 25.1 Å².